The lowest BCUT2D eigenvalue weighted by Gasteiger charge is -2.42. The van der Waals surface area contributed by atoms with Gasteiger partial charge in [0.2, 0.25) is 0 Å². The van der Waals surface area contributed by atoms with E-state index in [0.29, 0.717) is 24.4 Å². The normalized spacial score (nSPS) is 14.4. The van der Waals surface area contributed by atoms with Gasteiger partial charge in [-0.05, 0) is 57.3 Å². The fraction of sp³-hybridized carbons (Fsp3) is 0.950. The van der Waals surface area contributed by atoms with Crippen LogP contribution < -0.4 is 0 Å². The van der Waals surface area contributed by atoms with Crippen molar-refractivity contribution in [1.82, 2.24) is 4.90 Å². The van der Waals surface area contributed by atoms with E-state index in [1.165, 1.54) is 7.11 Å². The monoisotopic (exact) mass is 373 g/mol. The lowest BCUT2D eigenvalue weighted by atomic mass is 10.0. The smallest absolute Gasteiger partial charge is 0.305 e. The van der Waals surface area contributed by atoms with E-state index >= 15 is 0 Å². The van der Waals surface area contributed by atoms with Gasteiger partial charge in [-0.2, -0.15) is 0 Å². The van der Waals surface area contributed by atoms with Crippen molar-refractivity contribution in [3.05, 3.63) is 0 Å². The van der Waals surface area contributed by atoms with Gasteiger partial charge in [0.25, 0.3) is 0 Å². The standard InChI is InChI=1S/C20H43NO3Si/c1-16(2)18(15-24-25(9,10)20(5,6)7)21(17(3)4)14-12-11-13-19(22)23-8/h16-18H,11-15H2,1-10H3/t18-/m1/s1. The molecule has 0 rings (SSSR count). The molecule has 0 fully saturated rings. The number of carbonyl (C=O) groups excluding carboxylic acids is 1. The summed E-state index contributed by atoms with van der Waals surface area (Å²) in [5.74, 6) is 0.422. The van der Waals surface area contributed by atoms with Crippen LogP contribution in [-0.4, -0.2) is 51.5 Å². The van der Waals surface area contributed by atoms with Crippen LogP contribution in [0.1, 0.15) is 67.7 Å². The summed E-state index contributed by atoms with van der Waals surface area (Å²) in [6.45, 7) is 22.4. The Kier molecular flexibility index (Phi) is 10.5. The second-order valence-electron chi connectivity index (χ2n) is 9.25. The van der Waals surface area contributed by atoms with Crippen LogP contribution in [0.5, 0.6) is 0 Å². The Morgan fingerprint density at radius 1 is 1.08 bits per heavy atom. The SMILES string of the molecule is COC(=O)CCCCN(C(C)C)[C@H](CO[Si](C)(C)C(C)(C)C)C(C)C. The summed E-state index contributed by atoms with van der Waals surface area (Å²) in [6, 6.07) is 0.876. The molecule has 0 aliphatic carbocycles. The summed E-state index contributed by atoms with van der Waals surface area (Å²) < 4.78 is 11.3. The fourth-order valence-corrected chi connectivity index (χ4v) is 3.67. The number of ether oxygens (including phenoxy) is 1. The number of hydrogen-bond donors (Lipinski definition) is 0. The Balaban J connectivity index is 4.83. The van der Waals surface area contributed by atoms with E-state index in [2.05, 4.69) is 66.5 Å². The highest BCUT2D eigenvalue weighted by Crippen LogP contribution is 2.37. The van der Waals surface area contributed by atoms with Gasteiger partial charge in [0.05, 0.1) is 7.11 Å². The van der Waals surface area contributed by atoms with E-state index in [1.54, 1.807) is 0 Å². The van der Waals surface area contributed by atoms with Gasteiger partial charge in [0.15, 0.2) is 8.32 Å². The molecule has 0 aliphatic heterocycles. The van der Waals surface area contributed by atoms with Gasteiger partial charge in [0, 0.05) is 25.1 Å². The molecule has 0 bridgehead atoms. The highest BCUT2D eigenvalue weighted by Gasteiger charge is 2.38. The molecule has 0 radical (unpaired) electrons. The zero-order valence-corrected chi connectivity index (χ0v) is 19.4. The van der Waals surface area contributed by atoms with Gasteiger partial charge in [0.1, 0.15) is 0 Å². The van der Waals surface area contributed by atoms with Gasteiger partial charge >= 0.3 is 5.97 Å². The van der Waals surface area contributed by atoms with Crippen molar-refractivity contribution in [1.29, 1.82) is 0 Å². The second-order valence-corrected chi connectivity index (χ2v) is 14.1. The summed E-state index contributed by atoms with van der Waals surface area (Å²) in [6.07, 6.45) is 2.40. The first kappa shape index (κ1) is 24.6. The number of hydrogen-bond acceptors (Lipinski definition) is 4. The van der Waals surface area contributed by atoms with Crippen LogP contribution in [0, 0.1) is 5.92 Å². The van der Waals surface area contributed by atoms with Crippen LogP contribution in [0.2, 0.25) is 18.1 Å². The highest BCUT2D eigenvalue weighted by molar-refractivity contribution is 6.74. The minimum absolute atomic E-state index is 0.113. The van der Waals surface area contributed by atoms with Gasteiger partial charge in [-0.15, -0.1) is 0 Å². The number of methoxy groups -OCH3 is 1. The molecule has 150 valence electrons. The van der Waals surface area contributed by atoms with Crippen LogP contribution in [0.15, 0.2) is 0 Å². The fourth-order valence-electron chi connectivity index (χ4n) is 2.65. The topological polar surface area (TPSA) is 38.8 Å². The maximum absolute atomic E-state index is 11.3. The van der Waals surface area contributed by atoms with Crippen LogP contribution in [0.3, 0.4) is 0 Å². The molecule has 0 saturated heterocycles. The van der Waals surface area contributed by atoms with Crippen molar-refractivity contribution in [3.63, 3.8) is 0 Å². The van der Waals surface area contributed by atoms with Crippen LogP contribution in [-0.2, 0) is 14.0 Å². The first-order valence-electron chi connectivity index (χ1n) is 9.80. The number of carbonyl (C=O) groups is 1. The van der Waals surface area contributed by atoms with Crippen molar-refractivity contribution in [2.45, 2.75) is 97.9 Å². The van der Waals surface area contributed by atoms with E-state index in [-0.39, 0.29) is 11.0 Å². The zero-order chi connectivity index (χ0) is 19.8. The van der Waals surface area contributed by atoms with E-state index in [4.69, 9.17) is 9.16 Å². The largest absolute Gasteiger partial charge is 0.469 e. The van der Waals surface area contributed by atoms with Crippen molar-refractivity contribution in [2.75, 3.05) is 20.3 Å². The van der Waals surface area contributed by atoms with Gasteiger partial charge < -0.3 is 9.16 Å². The summed E-state index contributed by atoms with van der Waals surface area (Å²) in [5, 5.41) is 0.234. The maximum Gasteiger partial charge on any atom is 0.305 e. The molecular weight excluding hydrogens is 330 g/mol. The van der Waals surface area contributed by atoms with Gasteiger partial charge in [-0.1, -0.05) is 34.6 Å². The highest BCUT2D eigenvalue weighted by atomic mass is 28.4. The van der Waals surface area contributed by atoms with Crippen molar-refractivity contribution >= 4 is 14.3 Å². The Morgan fingerprint density at radius 3 is 2.04 bits per heavy atom. The average Bonchev–Trinajstić information content (AvgIpc) is 2.47. The number of rotatable bonds is 11. The Morgan fingerprint density at radius 2 is 1.64 bits per heavy atom. The molecule has 0 aromatic heterocycles. The third-order valence-electron chi connectivity index (χ3n) is 5.55. The second kappa shape index (κ2) is 10.7. The predicted octanol–water partition coefficient (Wildman–Crippen LogP) is 5.09. The molecule has 0 aromatic rings. The first-order valence-corrected chi connectivity index (χ1v) is 12.7. The third kappa shape index (κ3) is 8.69. The van der Waals surface area contributed by atoms with Crippen molar-refractivity contribution in [2.24, 2.45) is 5.92 Å². The molecule has 0 N–H and O–H groups in total. The van der Waals surface area contributed by atoms with Crippen molar-refractivity contribution in [3.8, 4) is 0 Å². The van der Waals surface area contributed by atoms with Gasteiger partial charge in [-0.3, -0.25) is 9.69 Å². The molecule has 1 atom stereocenters. The lowest BCUT2D eigenvalue weighted by molar-refractivity contribution is -0.140. The number of nitrogens with zero attached hydrogens (tertiary/aromatic N) is 1. The Bertz CT molecular complexity index is 389. The molecule has 0 saturated carbocycles. The van der Waals surface area contributed by atoms with Crippen LogP contribution in [0.25, 0.3) is 0 Å². The van der Waals surface area contributed by atoms with Crippen LogP contribution in [0.4, 0.5) is 0 Å². The van der Waals surface area contributed by atoms with E-state index in [0.717, 1.165) is 26.0 Å². The van der Waals surface area contributed by atoms with E-state index < -0.39 is 8.32 Å². The molecule has 4 nitrogen and oxygen atoms in total. The summed E-state index contributed by atoms with van der Waals surface area (Å²) in [5.41, 5.74) is 0. The molecule has 0 aromatic carbocycles. The molecule has 0 unspecified atom stereocenters. The number of unbranched alkanes of at least 4 members (excludes halogenated alkanes) is 1. The molecular formula is C20H43NO3Si. The minimum atomic E-state index is -1.74. The maximum atomic E-state index is 11.3. The summed E-state index contributed by atoms with van der Waals surface area (Å²) in [4.78, 5) is 13.8. The molecule has 5 heteroatoms. The molecule has 0 aliphatic rings. The quantitative estimate of drug-likeness (QED) is 0.287. The molecule has 25 heavy (non-hydrogen) atoms. The van der Waals surface area contributed by atoms with Crippen molar-refractivity contribution < 1.29 is 14.0 Å². The Hall–Kier alpha value is -0.393. The molecule has 0 spiro atoms. The van der Waals surface area contributed by atoms with Crippen LogP contribution >= 0.6 is 0 Å². The summed E-state index contributed by atoms with van der Waals surface area (Å²) >= 11 is 0. The lowest BCUT2D eigenvalue weighted by Crippen LogP contribution is -2.50. The van der Waals surface area contributed by atoms with E-state index in [9.17, 15) is 4.79 Å². The first-order chi connectivity index (χ1) is 11.3. The zero-order valence-electron chi connectivity index (χ0n) is 18.4. The molecule has 0 amide bonds. The summed E-state index contributed by atoms with van der Waals surface area (Å²) in [7, 11) is -0.286. The third-order valence-corrected chi connectivity index (χ3v) is 10.1. The minimum Gasteiger partial charge on any atom is -0.469 e. The van der Waals surface area contributed by atoms with E-state index in [1.807, 2.05) is 0 Å². The molecule has 0 heterocycles. The Labute approximate surface area is 157 Å². The average molecular weight is 374 g/mol. The predicted molar refractivity (Wildman–Crippen MR) is 109 cm³/mol. The number of esters is 1. The van der Waals surface area contributed by atoms with Gasteiger partial charge in [-0.25, -0.2) is 0 Å².